The fourth-order valence-electron chi connectivity index (χ4n) is 2.37. The van der Waals surface area contributed by atoms with Crippen molar-refractivity contribution in [2.24, 2.45) is 0 Å². The molecular formula is C18H27N3O. The van der Waals surface area contributed by atoms with Crippen LogP contribution in [0.4, 0.5) is 0 Å². The zero-order valence-electron chi connectivity index (χ0n) is 13.5. The highest BCUT2D eigenvalue weighted by Gasteiger charge is 2.12. The van der Waals surface area contributed by atoms with Crippen molar-refractivity contribution in [1.29, 1.82) is 0 Å². The Morgan fingerprint density at radius 2 is 1.95 bits per heavy atom. The highest BCUT2D eigenvalue weighted by Crippen LogP contribution is 2.03. The van der Waals surface area contributed by atoms with Gasteiger partial charge in [0.25, 0.3) is 0 Å². The molecule has 0 atom stereocenters. The molecule has 1 heterocycles. The van der Waals surface area contributed by atoms with E-state index in [0.29, 0.717) is 6.61 Å². The van der Waals surface area contributed by atoms with Crippen molar-refractivity contribution >= 4 is 6.08 Å². The van der Waals surface area contributed by atoms with Crippen molar-refractivity contribution in [3.8, 4) is 0 Å². The number of benzene rings is 1. The normalized spacial score (nSPS) is 17.0. The Balaban J connectivity index is 1.53. The molecule has 0 bridgehead atoms. The fraction of sp³-hybridized carbons (Fsp3) is 0.444. The zero-order chi connectivity index (χ0) is 15.6. The van der Waals surface area contributed by atoms with E-state index in [1.165, 1.54) is 13.1 Å². The first-order valence-electron chi connectivity index (χ1n) is 7.95. The molecule has 0 aliphatic carbocycles. The molecule has 22 heavy (non-hydrogen) atoms. The van der Waals surface area contributed by atoms with Crippen molar-refractivity contribution in [2.45, 2.75) is 6.42 Å². The maximum Gasteiger partial charge on any atom is 0.0758 e. The molecule has 1 fully saturated rings. The van der Waals surface area contributed by atoms with Crippen molar-refractivity contribution < 1.29 is 4.84 Å². The van der Waals surface area contributed by atoms with Gasteiger partial charge in [0.15, 0.2) is 0 Å². The monoisotopic (exact) mass is 301 g/mol. The molecule has 0 amide bonds. The van der Waals surface area contributed by atoms with Crippen LogP contribution in [0.2, 0.25) is 0 Å². The molecule has 0 saturated carbocycles. The standard InChI is InChI=1S/C18H27N3O/c1-17(9-10-18-7-4-3-5-8-18)19-22-16-6-11-21-14-12-20(2)13-15-21/h3-5,7-10,19H,1,6,11-16H2,2H3. The average molecular weight is 301 g/mol. The maximum absolute atomic E-state index is 5.46. The molecule has 1 aromatic carbocycles. The highest BCUT2D eigenvalue weighted by molar-refractivity contribution is 5.51. The molecule has 4 heteroatoms. The van der Waals surface area contributed by atoms with Crippen LogP contribution in [0.25, 0.3) is 6.08 Å². The lowest BCUT2D eigenvalue weighted by atomic mass is 10.2. The van der Waals surface area contributed by atoms with Crippen molar-refractivity contribution in [3.05, 3.63) is 54.2 Å². The molecule has 2 rings (SSSR count). The second-order valence-corrected chi connectivity index (χ2v) is 5.72. The number of rotatable bonds is 8. The number of allylic oxidation sites excluding steroid dienone is 1. The SMILES string of the molecule is C=C(C=Cc1ccccc1)NOCCCN1CCN(C)CC1. The topological polar surface area (TPSA) is 27.7 Å². The molecular weight excluding hydrogens is 274 g/mol. The molecule has 4 nitrogen and oxygen atoms in total. The second kappa shape index (κ2) is 9.41. The van der Waals surface area contributed by atoms with Gasteiger partial charge < -0.3 is 9.80 Å². The van der Waals surface area contributed by atoms with Crippen molar-refractivity contribution in [2.75, 3.05) is 46.4 Å². The minimum absolute atomic E-state index is 0.699. The minimum atomic E-state index is 0.699. The number of hydrogen-bond donors (Lipinski definition) is 1. The number of hydrogen-bond acceptors (Lipinski definition) is 4. The Morgan fingerprint density at radius 3 is 2.68 bits per heavy atom. The third-order valence-electron chi connectivity index (χ3n) is 3.80. The van der Waals surface area contributed by atoms with Gasteiger partial charge in [0, 0.05) is 32.7 Å². The van der Waals surface area contributed by atoms with Gasteiger partial charge in [0.2, 0.25) is 0 Å². The summed E-state index contributed by atoms with van der Waals surface area (Å²) in [5.41, 5.74) is 4.81. The van der Waals surface area contributed by atoms with Crippen LogP contribution < -0.4 is 5.48 Å². The Bertz CT molecular complexity index is 464. The highest BCUT2D eigenvalue weighted by atomic mass is 16.6. The number of piperazine rings is 1. The molecule has 0 spiro atoms. The van der Waals surface area contributed by atoms with Crippen LogP contribution in [0.1, 0.15) is 12.0 Å². The number of nitrogens with zero attached hydrogens (tertiary/aromatic N) is 2. The Kier molecular flexibility index (Phi) is 7.16. The van der Waals surface area contributed by atoms with E-state index in [2.05, 4.69) is 41.0 Å². The lowest BCUT2D eigenvalue weighted by molar-refractivity contribution is 0.0539. The van der Waals surface area contributed by atoms with E-state index in [-0.39, 0.29) is 0 Å². The van der Waals surface area contributed by atoms with E-state index in [1.807, 2.05) is 30.4 Å². The Hall–Kier alpha value is -1.62. The first-order chi connectivity index (χ1) is 10.7. The van der Waals surface area contributed by atoms with E-state index in [4.69, 9.17) is 4.84 Å². The van der Waals surface area contributed by atoms with Crippen molar-refractivity contribution in [1.82, 2.24) is 15.3 Å². The smallest absolute Gasteiger partial charge is 0.0758 e. The van der Waals surface area contributed by atoms with E-state index in [0.717, 1.165) is 37.3 Å². The van der Waals surface area contributed by atoms with E-state index < -0.39 is 0 Å². The summed E-state index contributed by atoms with van der Waals surface area (Å²) in [7, 11) is 2.18. The molecule has 1 N–H and O–H groups in total. The lowest BCUT2D eigenvalue weighted by Crippen LogP contribution is -2.44. The van der Waals surface area contributed by atoms with Gasteiger partial charge in [-0.3, -0.25) is 10.3 Å². The van der Waals surface area contributed by atoms with E-state index in [1.54, 1.807) is 0 Å². The second-order valence-electron chi connectivity index (χ2n) is 5.72. The Labute approximate surface area is 134 Å². The summed E-state index contributed by atoms with van der Waals surface area (Å²) in [6, 6.07) is 10.2. The molecule has 1 aliphatic heterocycles. The summed E-state index contributed by atoms with van der Waals surface area (Å²) in [6.07, 6.45) is 4.98. The minimum Gasteiger partial charge on any atom is -0.304 e. The van der Waals surface area contributed by atoms with Crippen LogP contribution in [-0.2, 0) is 4.84 Å². The third-order valence-corrected chi connectivity index (χ3v) is 3.80. The molecule has 0 aromatic heterocycles. The first kappa shape index (κ1) is 16.7. The van der Waals surface area contributed by atoms with Crippen LogP contribution in [0.3, 0.4) is 0 Å². The first-order valence-corrected chi connectivity index (χ1v) is 7.95. The zero-order valence-corrected chi connectivity index (χ0v) is 13.5. The summed E-state index contributed by atoms with van der Waals surface area (Å²) in [4.78, 5) is 10.3. The number of hydroxylamine groups is 1. The molecule has 0 radical (unpaired) electrons. The van der Waals surface area contributed by atoms with Gasteiger partial charge in [-0.2, -0.15) is 0 Å². The van der Waals surface area contributed by atoms with Gasteiger partial charge in [-0.25, -0.2) is 0 Å². The summed E-state index contributed by atoms with van der Waals surface area (Å²) < 4.78 is 0. The van der Waals surface area contributed by atoms with Gasteiger partial charge in [-0.1, -0.05) is 43.0 Å². The quantitative estimate of drug-likeness (QED) is 0.453. The summed E-state index contributed by atoms with van der Waals surface area (Å²) in [5, 5.41) is 0. The van der Waals surface area contributed by atoms with Crippen LogP contribution in [0.5, 0.6) is 0 Å². The molecule has 0 unspecified atom stereocenters. The predicted molar refractivity (Wildman–Crippen MR) is 92.3 cm³/mol. The average Bonchev–Trinajstić information content (AvgIpc) is 2.55. The lowest BCUT2D eigenvalue weighted by Gasteiger charge is -2.32. The summed E-state index contributed by atoms with van der Waals surface area (Å²) in [6.45, 7) is 10.4. The van der Waals surface area contributed by atoms with Gasteiger partial charge in [0.1, 0.15) is 0 Å². The molecule has 1 aliphatic rings. The fourth-order valence-corrected chi connectivity index (χ4v) is 2.37. The van der Waals surface area contributed by atoms with Crippen LogP contribution in [0, 0.1) is 0 Å². The molecule has 1 aromatic rings. The molecule has 120 valence electrons. The Morgan fingerprint density at radius 1 is 1.23 bits per heavy atom. The van der Waals surface area contributed by atoms with Gasteiger partial charge in [-0.05, 0) is 25.1 Å². The van der Waals surface area contributed by atoms with Gasteiger partial charge in [-0.15, -0.1) is 0 Å². The van der Waals surface area contributed by atoms with Gasteiger partial charge >= 0.3 is 0 Å². The third kappa shape index (κ3) is 6.43. The summed E-state index contributed by atoms with van der Waals surface area (Å²) >= 11 is 0. The van der Waals surface area contributed by atoms with E-state index >= 15 is 0 Å². The number of nitrogens with one attached hydrogen (secondary N) is 1. The van der Waals surface area contributed by atoms with Gasteiger partial charge in [0.05, 0.1) is 12.3 Å². The summed E-state index contributed by atoms with van der Waals surface area (Å²) in [5.74, 6) is 0. The van der Waals surface area contributed by atoms with Crippen LogP contribution in [0.15, 0.2) is 48.7 Å². The predicted octanol–water partition coefficient (Wildman–Crippen LogP) is 2.37. The largest absolute Gasteiger partial charge is 0.304 e. The number of likely N-dealkylation sites (N-methyl/N-ethyl adjacent to an activating group) is 1. The van der Waals surface area contributed by atoms with Crippen LogP contribution >= 0.6 is 0 Å². The van der Waals surface area contributed by atoms with Crippen molar-refractivity contribution in [3.63, 3.8) is 0 Å². The van der Waals surface area contributed by atoms with E-state index in [9.17, 15) is 0 Å². The van der Waals surface area contributed by atoms with Crippen LogP contribution in [-0.4, -0.2) is 56.2 Å². The maximum atomic E-state index is 5.46. The molecule has 1 saturated heterocycles.